The second kappa shape index (κ2) is 9.72. The number of carbonyl (C=O) groups is 2. The number of nitrogens with zero attached hydrogens (tertiary/aromatic N) is 2. The number of aromatic nitrogens is 2. The van der Waals surface area contributed by atoms with Crippen molar-refractivity contribution in [2.75, 3.05) is 10.6 Å². The van der Waals surface area contributed by atoms with Crippen molar-refractivity contribution in [1.82, 2.24) is 9.13 Å². The van der Waals surface area contributed by atoms with E-state index in [0.29, 0.717) is 34.5 Å². The first kappa shape index (κ1) is 22.9. The van der Waals surface area contributed by atoms with Crippen LogP contribution in [0, 0.1) is 4.77 Å². The van der Waals surface area contributed by atoms with Gasteiger partial charge < -0.3 is 20.3 Å². The third-order valence-corrected chi connectivity index (χ3v) is 5.63. The molecule has 0 radical (unpaired) electrons. The second-order valence-electron chi connectivity index (χ2n) is 7.61. The van der Waals surface area contributed by atoms with Gasteiger partial charge in [-0.2, -0.15) is 0 Å². The number of rotatable bonds is 6. The Bertz CT molecular complexity index is 1510. The van der Waals surface area contributed by atoms with Gasteiger partial charge in [-0.25, -0.2) is 9.59 Å². The van der Waals surface area contributed by atoms with E-state index in [1.165, 1.54) is 16.7 Å². The summed E-state index contributed by atoms with van der Waals surface area (Å²) in [6.45, 7) is 2.56. The Balaban J connectivity index is 1.82. The van der Waals surface area contributed by atoms with Gasteiger partial charge >= 0.3 is 12.0 Å². The highest BCUT2D eigenvalue weighted by Gasteiger charge is 2.15. The molecule has 0 saturated heterocycles. The van der Waals surface area contributed by atoms with Crippen LogP contribution in [-0.2, 0) is 6.54 Å². The number of carboxylic acids is 1. The molecule has 8 nitrogen and oxygen atoms in total. The van der Waals surface area contributed by atoms with Crippen LogP contribution in [0.5, 0.6) is 0 Å². The molecule has 0 unspecified atom stereocenters. The lowest BCUT2D eigenvalue weighted by Gasteiger charge is -2.17. The Labute approximate surface area is 200 Å². The number of anilines is 2. The number of aryl methyl sites for hydroxylation is 1. The lowest BCUT2D eigenvalue weighted by molar-refractivity contribution is 0.0697. The minimum absolute atomic E-state index is 0.0499. The van der Waals surface area contributed by atoms with Crippen molar-refractivity contribution in [3.05, 3.63) is 93.5 Å². The predicted octanol–water partition coefficient (Wildman–Crippen LogP) is 5.27. The van der Waals surface area contributed by atoms with Crippen LogP contribution in [0.15, 0.2) is 77.6 Å². The Morgan fingerprint density at radius 1 is 0.941 bits per heavy atom. The molecule has 0 atom stereocenters. The Morgan fingerprint density at radius 2 is 1.68 bits per heavy atom. The average molecular weight is 475 g/mol. The first-order chi connectivity index (χ1) is 16.4. The van der Waals surface area contributed by atoms with Crippen molar-refractivity contribution in [3.8, 4) is 5.69 Å². The van der Waals surface area contributed by atoms with Gasteiger partial charge in [0.25, 0.3) is 5.56 Å². The first-order valence-corrected chi connectivity index (χ1v) is 11.1. The summed E-state index contributed by atoms with van der Waals surface area (Å²) in [4.78, 5) is 37.4. The number of hydrogen-bond donors (Lipinski definition) is 3. The molecule has 0 saturated carbocycles. The highest BCUT2D eigenvalue weighted by molar-refractivity contribution is 7.71. The van der Waals surface area contributed by atoms with Crippen LogP contribution in [0.4, 0.5) is 16.2 Å². The Kier molecular flexibility index (Phi) is 6.55. The summed E-state index contributed by atoms with van der Waals surface area (Å²) < 4.78 is 3.44. The van der Waals surface area contributed by atoms with Crippen LogP contribution in [0.3, 0.4) is 0 Å². The number of hydrogen-bond acceptors (Lipinski definition) is 4. The van der Waals surface area contributed by atoms with E-state index in [1.54, 1.807) is 42.5 Å². The number of carboxylic acid groups (broad SMARTS) is 1. The number of aromatic carboxylic acids is 1. The molecule has 3 aromatic carbocycles. The number of para-hydroxylation sites is 1. The Hall–Kier alpha value is -4.24. The fourth-order valence-corrected chi connectivity index (χ4v) is 4.09. The van der Waals surface area contributed by atoms with Crippen LogP contribution in [0.25, 0.3) is 16.6 Å². The molecule has 4 rings (SSSR count). The molecule has 2 amide bonds. The molecular formula is C25H22N4O4S. The molecule has 1 aromatic heterocycles. The zero-order valence-corrected chi connectivity index (χ0v) is 19.1. The molecule has 0 fully saturated rings. The summed E-state index contributed by atoms with van der Waals surface area (Å²) in [5, 5.41) is 15.2. The zero-order chi connectivity index (χ0) is 24.2. The van der Waals surface area contributed by atoms with E-state index in [9.17, 15) is 19.5 Å². The summed E-state index contributed by atoms with van der Waals surface area (Å²) >= 11 is 5.64. The summed E-state index contributed by atoms with van der Waals surface area (Å²) in [5.74, 6) is -1.10. The van der Waals surface area contributed by atoms with Gasteiger partial charge in [0.05, 0.1) is 22.2 Å². The molecule has 9 heteroatoms. The van der Waals surface area contributed by atoms with Gasteiger partial charge in [-0.3, -0.25) is 9.36 Å². The fourth-order valence-electron chi connectivity index (χ4n) is 3.71. The second-order valence-corrected chi connectivity index (χ2v) is 7.97. The number of benzene rings is 3. The highest BCUT2D eigenvalue weighted by Crippen LogP contribution is 2.20. The van der Waals surface area contributed by atoms with E-state index in [-0.39, 0.29) is 10.3 Å². The maximum atomic E-state index is 13.5. The minimum Gasteiger partial charge on any atom is -0.478 e. The van der Waals surface area contributed by atoms with E-state index < -0.39 is 17.6 Å². The molecule has 34 heavy (non-hydrogen) atoms. The molecule has 172 valence electrons. The average Bonchev–Trinajstić information content (AvgIpc) is 2.83. The standard InChI is InChI=1S/C25H22N4O4S/c1-2-13-28-21-12-11-18(27-24(33)26-17-8-4-3-5-9-17)15-20(21)22(30)29(25(28)34)19-10-6-7-16(14-19)23(31)32/h3-12,14-15H,2,13H2,1H3,(H,31,32)(H2,26,27,33). The van der Waals surface area contributed by atoms with Gasteiger partial charge in [0.2, 0.25) is 0 Å². The maximum absolute atomic E-state index is 13.5. The van der Waals surface area contributed by atoms with Crippen LogP contribution < -0.4 is 16.2 Å². The number of amides is 2. The van der Waals surface area contributed by atoms with Crippen molar-refractivity contribution in [3.63, 3.8) is 0 Å². The van der Waals surface area contributed by atoms with Gasteiger partial charge in [-0.1, -0.05) is 31.2 Å². The van der Waals surface area contributed by atoms with Gasteiger partial charge in [0.15, 0.2) is 4.77 Å². The maximum Gasteiger partial charge on any atom is 0.335 e. The zero-order valence-electron chi connectivity index (χ0n) is 18.3. The normalized spacial score (nSPS) is 10.7. The molecule has 3 N–H and O–H groups in total. The third kappa shape index (κ3) is 4.60. The van der Waals surface area contributed by atoms with Crippen LogP contribution in [0.1, 0.15) is 23.7 Å². The van der Waals surface area contributed by atoms with Crippen LogP contribution in [0.2, 0.25) is 0 Å². The quantitative estimate of drug-likeness (QED) is 0.330. The lowest BCUT2D eigenvalue weighted by Crippen LogP contribution is -2.25. The number of carbonyl (C=O) groups excluding carboxylic acids is 1. The minimum atomic E-state index is -1.10. The summed E-state index contributed by atoms with van der Waals surface area (Å²) in [7, 11) is 0. The lowest BCUT2D eigenvalue weighted by atomic mass is 10.2. The molecule has 0 aliphatic carbocycles. The largest absolute Gasteiger partial charge is 0.478 e. The molecular weight excluding hydrogens is 452 g/mol. The number of fused-ring (bicyclic) bond motifs is 1. The van der Waals surface area contributed by atoms with E-state index in [2.05, 4.69) is 10.6 Å². The van der Waals surface area contributed by atoms with Gasteiger partial charge in [-0.05, 0) is 67.2 Å². The first-order valence-electron chi connectivity index (χ1n) is 10.7. The Morgan fingerprint density at radius 3 is 2.38 bits per heavy atom. The van der Waals surface area contributed by atoms with E-state index in [4.69, 9.17) is 12.2 Å². The van der Waals surface area contributed by atoms with E-state index >= 15 is 0 Å². The van der Waals surface area contributed by atoms with Crippen molar-refractivity contribution < 1.29 is 14.7 Å². The molecule has 0 spiro atoms. The topological polar surface area (TPSA) is 105 Å². The number of nitrogens with one attached hydrogen (secondary N) is 2. The predicted molar refractivity (Wildman–Crippen MR) is 135 cm³/mol. The monoisotopic (exact) mass is 474 g/mol. The van der Waals surface area contributed by atoms with Crippen molar-refractivity contribution in [2.45, 2.75) is 19.9 Å². The SMILES string of the molecule is CCCn1c(=S)n(-c2cccc(C(=O)O)c2)c(=O)c2cc(NC(=O)Nc3ccccc3)ccc21. The third-order valence-electron chi connectivity index (χ3n) is 5.23. The summed E-state index contributed by atoms with van der Waals surface area (Å²) in [6, 6.07) is 19.7. The summed E-state index contributed by atoms with van der Waals surface area (Å²) in [5.41, 5.74) is 1.72. The van der Waals surface area contributed by atoms with Crippen molar-refractivity contribution in [1.29, 1.82) is 0 Å². The van der Waals surface area contributed by atoms with Gasteiger partial charge in [-0.15, -0.1) is 0 Å². The highest BCUT2D eigenvalue weighted by atomic mass is 32.1. The fraction of sp³-hybridized carbons (Fsp3) is 0.120. The van der Waals surface area contributed by atoms with Crippen molar-refractivity contribution >= 4 is 46.5 Å². The molecule has 0 bridgehead atoms. The van der Waals surface area contributed by atoms with E-state index in [0.717, 1.165) is 6.42 Å². The van der Waals surface area contributed by atoms with Crippen LogP contribution in [-0.4, -0.2) is 26.2 Å². The van der Waals surface area contributed by atoms with Crippen LogP contribution >= 0.6 is 12.2 Å². The molecule has 0 aliphatic rings. The van der Waals surface area contributed by atoms with Gasteiger partial charge in [0.1, 0.15) is 0 Å². The molecule has 1 heterocycles. The number of urea groups is 1. The molecule has 0 aliphatic heterocycles. The van der Waals surface area contributed by atoms with E-state index in [1.807, 2.05) is 29.7 Å². The molecule has 4 aromatic rings. The van der Waals surface area contributed by atoms with Gasteiger partial charge in [0, 0.05) is 17.9 Å². The van der Waals surface area contributed by atoms with Crippen molar-refractivity contribution in [2.24, 2.45) is 0 Å². The smallest absolute Gasteiger partial charge is 0.335 e. The summed E-state index contributed by atoms with van der Waals surface area (Å²) in [6.07, 6.45) is 0.774.